The lowest BCUT2D eigenvalue weighted by Gasteiger charge is -2.18. The van der Waals surface area contributed by atoms with E-state index in [4.69, 9.17) is 0 Å². The van der Waals surface area contributed by atoms with Gasteiger partial charge in [0.05, 0.1) is 6.54 Å². The highest BCUT2D eigenvalue weighted by atomic mass is 16.2. The van der Waals surface area contributed by atoms with Crippen molar-refractivity contribution in [3.63, 3.8) is 0 Å². The molecule has 2 rings (SSSR count). The molecule has 0 bridgehead atoms. The van der Waals surface area contributed by atoms with Crippen molar-refractivity contribution in [2.24, 2.45) is 0 Å². The molecular formula is C16H25N3O. The summed E-state index contributed by atoms with van der Waals surface area (Å²) in [5.41, 5.74) is 1.37. The van der Waals surface area contributed by atoms with Crippen LogP contribution in [-0.2, 0) is 4.79 Å². The summed E-state index contributed by atoms with van der Waals surface area (Å²) < 4.78 is 0. The van der Waals surface area contributed by atoms with Crippen LogP contribution >= 0.6 is 0 Å². The number of carbonyl (C=O) groups excluding carboxylic acids is 1. The maximum Gasteiger partial charge on any atom is 0.234 e. The highest BCUT2D eigenvalue weighted by molar-refractivity contribution is 5.78. The zero-order valence-corrected chi connectivity index (χ0v) is 12.6. The molecule has 4 heteroatoms. The smallest absolute Gasteiger partial charge is 0.234 e. The van der Waals surface area contributed by atoms with E-state index in [9.17, 15) is 4.79 Å². The zero-order chi connectivity index (χ0) is 14.5. The van der Waals surface area contributed by atoms with Crippen LogP contribution in [0.3, 0.4) is 0 Å². The molecule has 110 valence electrons. The van der Waals surface area contributed by atoms with Gasteiger partial charge in [-0.05, 0) is 33.0 Å². The van der Waals surface area contributed by atoms with E-state index in [0.717, 1.165) is 13.0 Å². The highest BCUT2D eigenvalue weighted by Gasteiger charge is 2.37. The Hall–Kier alpha value is -1.39. The van der Waals surface area contributed by atoms with Crippen LogP contribution in [0.2, 0.25) is 0 Å². The summed E-state index contributed by atoms with van der Waals surface area (Å²) in [7, 11) is 4.02. The maximum absolute atomic E-state index is 11.8. The molecule has 1 amide bonds. The number of nitrogens with one attached hydrogen (secondary N) is 2. The molecule has 1 unspecified atom stereocenters. The number of hydrogen-bond acceptors (Lipinski definition) is 3. The van der Waals surface area contributed by atoms with Gasteiger partial charge in [0.1, 0.15) is 0 Å². The third kappa shape index (κ3) is 4.62. The molecule has 1 fully saturated rings. The fourth-order valence-electron chi connectivity index (χ4n) is 2.63. The van der Waals surface area contributed by atoms with Crippen molar-refractivity contribution in [1.29, 1.82) is 0 Å². The maximum atomic E-state index is 11.8. The number of likely N-dealkylation sites (N-methyl/N-ethyl adjacent to an activating group) is 1. The lowest BCUT2D eigenvalue weighted by Crippen LogP contribution is -2.43. The lowest BCUT2D eigenvalue weighted by molar-refractivity contribution is -0.120. The summed E-state index contributed by atoms with van der Waals surface area (Å²) in [6, 6.07) is 11.1. The van der Waals surface area contributed by atoms with Crippen LogP contribution in [0.1, 0.15) is 24.8 Å². The van der Waals surface area contributed by atoms with E-state index < -0.39 is 0 Å². The number of rotatable bonds is 7. The third-order valence-electron chi connectivity index (χ3n) is 3.59. The largest absolute Gasteiger partial charge is 0.351 e. The average Bonchev–Trinajstić information content (AvgIpc) is 3.16. The molecule has 2 N–H and O–H groups in total. The number of carbonyl (C=O) groups is 1. The first-order valence-electron chi connectivity index (χ1n) is 7.28. The van der Waals surface area contributed by atoms with Crippen molar-refractivity contribution in [3.05, 3.63) is 35.9 Å². The molecule has 0 spiro atoms. The summed E-state index contributed by atoms with van der Waals surface area (Å²) in [6.45, 7) is 3.30. The highest BCUT2D eigenvalue weighted by Crippen LogP contribution is 2.40. The second-order valence-corrected chi connectivity index (χ2v) is 5.97. The second kappa shape index (κ2) is 6.86. The van der Waals surface area contributed by atoms with Gasteiger partial charge in [0.2, 0.25) is 5.91 Å². The fraction of sp³-hybridized carbons (Fsp3) is 0.562. The predicted molar refractivity (Wildman–Crippen MR) is 81.7 cm³/mol. The van der Waals surface area contributed by atoms with Crippen LogP contribution in [0.15, 0.2) is 30.3 Å². The van der Waals surface area contributed by atoms with Gasteiger partial charge in [0.15, 0.2) is 0 Å². The monoisotopic (exact) mass is 275 g/mol. The van der Waals surface area contributed by atoms with Gasteiger partial charge in [-0.25, -0.2) is 0 Å². The van der Waals surface area contributed by atoms with Crippen molar-refractivity contribution in [1.82, 2.24) is 15.5 Å². The molecule has 1 aromatic carbocycles. The van der Waals surface area contributed by atoms with Crippen LogP contribution < -0.4 is 10.6 Å². The Morgan fingerprint density at radius 2 is 2.05 bits per heavy atom. The van der Waals surface area contributed by atoms with Gasteiger partial charge in [-0.15, -0.1) is 0 Å². The third-order valence-corrected chi connectivity index (χ3v) is 3.59. The number of amides is 1. The van der Waals surface area contributed by atoms with Crippen LogP contribution in [-0.4, -0.2) is 50.1 Å². The minimum Gasteiger partial charge on any atom is -0.351 e. The molecule has 0 radical (unpaired) electrons. The first-order chi connectivity index (χ1) is 9.56. The first-order valence-corrected chi connectivity index (χ1v) is 7.28. The SMILES string of the molecule is CC(CN(C)C)NC(=O)CN[C@H]1C[C@@H]1c1ccccc1. The number of benzene rings is 1. The number of nitrogens with zero attached hydrogens (tertiary/aromatic N) is 1. The topological polar surface area (TPSA) is 44.4 Å². The Balaban J connectivity index is 1.66. The van der Waals surface area contributed by atoms with Crippen molar-refractivity contribution >= 4 is 5.91 Å². The summed E-state index contributed by atoms with van der Waals surface area (Å²) in [4.78, 5) is 13.9. The summed E-state index contributed by atoms with van der Waals surface area (Å²) in [5.74, 6) is 0.654. The Labute approximate surface area is 121 Å². The van der Waals surface area contributed by atoms with Crippen molar-refractivity contribution < 1.29 is 4.79 Å². The molecular weight excluding hydrogens is 250 g/mol. The van der Waals surface area contributed by atoms with Crippen LogP contribution in [0.25, 0.3) is 0 Å². The zero-order valence-electron chi connectivity index (χ0n) is 12.6. The standard InChI is InChI=1S/C16H25N3O/c1-12(11-19(2)3)18-16(20)10-17-15-9-14(15)13-7-5-4-6-8-13/h4-8,12,14-15,17H,9-11H2,1-3H3,(H,18,20)/t12?,14-,15+/m1/s1. The normalized spacial score (nSPS) is 22.6. The summed E-state index contributed by atoms with van der Waals surface area (Å²) in [5, 5.41) is 6.34. The van der Waals surface area contributed by atoms with Gasteiger partial charge in [0, 0.05) is 24.5 Å². The van der Waals surface area contributed by atoms with Crippen LogP contribution in [0, 0.1) is 0 Å². The van der Waals surface area contributed by atoms with Gasteiger partial charge in [-0.1, -0.05) is 30.3 Å². The quantitative estimate of drug-likeness (QED) is 0.786. The van der Waals surface area contributed by atoms with Gasteiger partial charge in [-0.2, -0.15) is 0 Å². The Kier molecular flexibility index (Phi) is 5.15. The molecule has 1 aliphatic carbocycles. The Bertz CT molecular complexity index is 433. The predicted octanol–water partition coefficient (Wildman–Crippen LogP) is 1.20. The van der Waals surface area contributed by atoms with Crippen molar-refractivity contribution in [2.75, 3.05) is 27.2 Å². The van der Waals surface area contributed by atoms with E-state index in [1.54, 1.807) is 0 Å². The average molecular weight is 275 g/mol. The van der Waals surface area contributed by atoms with E-state index in [2.05, 4.69) is 39.8 Å². The molecule has 1 aliphatic rings. The van der Waals surface area contributed by atoms with Crippen LogP contribution in [0.5, 0.6) is 0 Å². The van der Waals surface area contributed by atoms with E-state index in [-0.39, 0.29) is 11.9 Å². The first kappa shape index (κ1) is 15.0. The molecule has 1 saturated carbocycles. The van der Waals surface area contributed by atoms with E-state index in [1.807, 2.05) is 27.1 Å². The molecule has 1 aromatic rings. The van der Waals surface area contributed by atoms with Crippen molar-refractivity contribution in [3.8, 4) is 0 Å². The Morgan fingerprint density at radius 3 is 2.70 bits per heavy atom. The van der Waals surface area contributed by atoms with E-state index in [0.29, 0.717) is 18.5 Å². The van der Waals surface area contributed by atoms with Gasteiger partial charge < -0.3 is 15.5 Å². The van der Waals surface area contributed by atoms with Gasteiger partial charge in [-0.3, -0.25) is 4.79 Å². The molecule has 0 saturated heterocycles. The van der Waals surface area contributed by atoms with Crippen LogP contribution in [0.4, 0.5) is 0 Å². The fourth-order valence-corrected chi connectivity index (χ4v) is 2.63. The van der Waals surface area contributed by atoms with E-state index in [1.165, 1.54) is 5.56 Å². The summed E-state index contributed by atoms with van der Waals surface area (Å²) >= 11 is 0. The minimum absolute atomic E-state index is 0.0815. The molecule has 4 nitrogen and oxygen atoms in total. The van der Waals surface area contributed by atoms with Gasteiger partial charge >= 0.3 is 0 Å². The second-order valence-electron chi connectivity index (χ2n) is 5.97. The van der Waals surface area contributed by atoms with E-state index >= 15 is 0 Å². The summed E-state index contributed by atoms with van der Waals surface area (Å²) in [6.07, 6.45) is 1.13. The molecule has 0 aliphatic heterocycles. The minimum atomic E-state index is 0.0815. The molecule has 3 atom stereocenters. The molecule has 20 heavy (non-hydrogen) atoms. The van der Waals surface area contributed by atoms with Crippen molar-refractivity contribution in [2.45, 2.75) is 31.3 Å². The Morgan fingerprint density at radius 1 is 1.35 bits per heavy atom. The molecule has 0 heterocycles. The lowest BCUT2D eigenvalue weighted by atomic mass is 10.1. The number of hydrogen-bond donors (Lipinski definition) is 2. The molecule has 0 aromatic heterocycles. The van der Waals surface area contributed by atoms with Gasteiger partial charge in [0.25, 0.3) is 0 Å².